The fourth-order valence-electron chi connectivity index (χ4n) is 3.12. The predicted molar refractivity (Wildman–Crippen MR) is 69.2 cm³/mol. The lowest BCUT2D eigenvalue weighted by atomic mass is 9.61. The van der Waals surface area contributed by atoms with Gasteiger partial charge in [0, 0.05) is 5.92 Å². The van der Waals surface area contributed by atoms with Crippen LogP contribution in [0.3, 0.4) is 0 Å². The summed E-state index contributed by atoms with van der Waals surface area (Å²) >= 11 is 0. The molecular weight excluding hydrogens is 196 g/mol. The number of hydrogen-bond donors (Lipinski definition) is 0. The highest BCUT2D eigenvalue weighted by Crippen LogP contribution is 2.46. The third kappa shape index (κ3) is 2.45. The van der Waals surface area contributed by atoms with E-state index in [9.17, 15) is 4.79 Å². The molecule has 0 aromatic rings. The Morgan fingerprint density at radius 2 is 2.06 bits per heavy atom. The first-order chi connectivity index (χ1) is 7.29. The Bertz CT molecular complexity index is 333. The number of allylic oxidation sites excluding steroid dienone is 3. The summed E-state index contributed by atoms with van der Waals surface area (Å²) in [6, 6.07) is 0. The molecule has 0 heterocycles. The molecule has 0 bridgehead atoms. The van der Waals surface area contributed by atoms with Crippen molar-refractivity contribution >= 4 is 5.78 Å². The van der Waals surface area contributed by atoms with Gasteiger partial charge < -0.3 is 0 Å². The van der Waals surface area contributed by atoms with Gasteiger partial charge in [-0.3, -0.25) is 4.79 Å². The fraction of sp³-hybridized carbons (Fsp3) is 0.667. The van der Waals surface area contributed by atoms with E-state index in [4.69, 9.17) is 0 Å². The lowest BCUT2D eigenvalue weighted by Gasteiger charge is -2.42. The lowest BCUT2D eigenvalue weighted by molar-refractivity contribution is -0.122. The Kier molecular flexibility index (Phi) is 3.77. The van der Waals surface area contributed by atoms with Crippen molar-refractivity contribution in [1.82, 2.24) is 0 Å². The van der Waals surface area contributed by atoms with E-state index in [-0.39, 0.29) is 17.1 Å². The molecular formula is C15H24O. The average Bonchev–Trinajstić information content (AvgIpc) is 2.13. The summed E-state index contributed by atoms with van der Waals surface area (Å²) in [4.78, 5) is 12.3. The van der Waals surface area contributed by atoms with Crippen LogP contribution in [-0.2, 0) is 4.79 Å². The Morgan fingerprint density at radius 3 is 2.50 bits per heavy atom. The summed E-state index contributed by atoms with van der Waals surface area (Å²) < 4.78 is 0. The third-order valence-corrected chi connectivity index (χ3v) is 3.76. The van der Waals surface area contributed by atoms with Gasteiger partial charge in [0.25, 0.3) is 0 Å². The predicted octanol–water partition coefficient (Wildman–Crippen LogP) is 4.15. The van der Waals surface area contributed by atoms with E-state index in [1.807, 2.05) is 19.9 Å². The molecule has 16 heavy (non-hydrogen) atoms. The molecule has 0 aliphatic heterocycles. The maximum Gasteiger partial charge on any atom is 0.165 e. The molecule has 0 amide bonds. The van der Waals surface area contributed by atoms with Gasteiger partial charge in [-0.1, -0.05) is 39.0 Å². The molecule has 1 aliphatic rings. The van der Waals surface area contributed by atoms with Crippen molar-refractivity contribution in [3.05, 3.63) is 23.8 Å². The summed E-state index contributed by atoms with van der Waals surface area (Å²) in [6.07, 6.45) is 4.01. The topological polar surface area (TPSA) is 17.1 Å². The van der Waals surface area contributed by atoms with Crippen molar-refractivity contribution < 1.29 is 4.79 Å². The van der Waals surface area contributed by atoms with Crippen LogP contribution < -0.4 is 0 Å². The Labute approximate surface area is 99.6 Å². The second kappa shape index (κ2) is 4.57. The van der Waals surface area contributed by atoms with Gasteiger partial charge in [-0.15, -0.1) is 0 Å². The van der Waals surface area contributed by atoms with E-state index in [1.165, 1.54) is 0 Å². The van der Waals surface area contributed by atoms with Crippen molar-refractivity contribution in [2.24, 2.45) is 17.3 Å². The molecule has 1 fully saturated rings. The van der Waals surface area contributed by atoms with Crippen LogP contribution >= 0.6 is 0 Å². The number of rotatable bonds is 2. The molecule has 2 atom stereocenters. The monoisotopic (exact) mass is 220 g/mol. The summed E-state index contributed by atoms with van der Waals surface area (Å²) in [5, 5.41) is 0. The van der Waals surface area contributed by atoms with Crippen LogP contribution in [0.2, 0.25) is 0 Å². The zero-order chi connectivity index (χ0) is 12.5. The molecule has 1 saturated carbocycles. The summed E-state index contributed by atoms with van der Waals surface area (Å²) in [5.41, 5.74) is 2.04. The molecule has 0 spiro atoms. The van der Waals surface area contributed by atoms with Gasteiger partial charge in [0.15, 0.2) is 5.78 Å². The van der Waals surface area contributed by atoms with E-state index in [0.717, 1.165) is 24.0 Å². The molecule has 1 rings (SSSR count). The second-order valence-corrected chi connectivity index (χ2v) is 5.93. The maximum absolute atomic E-state index is 12.3. The molecule has 90 valence electrons. The molecule has 0 aromatic carbocycles. The Hall–Kier alpha value is -0.850. The quantitative estimate of drug-likeness (QED) is 0.504. The molecule has 0 radical (unpaired) electrons. The van der Waals surface area contributed by atoms with Gasteiger partial charge in [0.1, 0.15) is 0 Å². The largest absolute Gasteiger partial charge is 0.294 e. The first kappa shape index (κ1) is 13.2. The van der Waals surface area contributed by atoms with E-state index in [1.54, 1.807) is 0 Å². The van der Waals surface area contributed by atoms with E-state index >= 15 is 0 Å². The number of carbonyl (C=O) groups is 1. The van der Waals surface area contributed by atoms with Crippen LogP contribution in [0.15, 0.2) is 23.8 Å². The van der Waals surface area contributed by atoms with Crippen molar-refractivity contribution in [3.8, 4) is 0 Å². The molecule has 1 aliphatic carbocycles. The number of ketones is 1. The first-order valence-corrected chi connectivity index (χ1v) is 6.14. The van der Waals surface area contributed by atoms with Gasteiger partial charge in [-0.05, 0) is 43.6 Å². The van der Waals surface area contributed by atoms with Gasteiger partial charge in [-0.2, -0.15) is 0 Å². The van der Waals surface area contributed by atoms with Crippen LogP contribution in [0.1, 0.15) is 47.5 Å². The summed E-state index contributed by atoms with van der Waals surface area (Å²) in [5.74, 6) is 0.932. The van der Waals surface area contributed by atoms with Crippen LogP contribution in [-0.4, -0.2) is 5.78 Å². The number of carbonyl (C=O) groups excluding carboxylic acids is 1. The Balaban J connectivity index is 3.02. The van der Waals surface area contributed by atoms with Crippen molar-refractivity contribution in [1.29, 1.82) is 0 Å². The van der Waals surface area contributed by atoms with Crippen molar-refractivity contribution in [2.45, 2.75) is 47.5 Å². The highest BCUT2D eigenvalue weighted by Gasteiger charge is 2.41. The van der Waals surface area contributed by atoms with E-state index < -0.39 is 0 Å². The van der Waals surface area contributed by atoms with Gasteiger partial charge in [-0.25, -0.2) is 0 Å². The van der Waals surface area contributed by atoms with E-state index in [2.05, 4.69) is 27.4 Å². The van der Waals surface area contributed by atoms with E-state index in [0.29, 0.717) is 5.92 Å². The Morgan fingerprint density at radius 1 is 1.50 bits per heavy atom. The highest BCUT2D eigenvalue weighted by atomic mass is 16.1. The van der Waals surface area contributed by atoms with Crippen LogP contribution in [0.5, 0.6) is 0 Å². The first-order valence-electron chi connectivity index (χ1n) is 6.14. The smallest absolute Gasteiger partial charge is 0.165 e. The van der Waals surface area contributed by atoms with Crippen LogP contribution in [0.4, 0.5) is 0 Å². The lowest BCUT2D eigenvalue weighted by Crippen LogP contribution is -2.38. The molecule has 0 aromatic heterocycles. The SMILES string of the molecule is C=C1CC(C)CC(C)(C)C1C(=O)/C(C)=C/C. The minimum absolute atomic E-state index is 0.0138. The molecule has 1 heteroatoms. The number of Topliss-reactive ketones (excluding diaryl/α,β-unsaturated/α-hetero) is 1. The molecule has 2 unspecified atom stereocenters. The zero-order valence-electron chi connectivity index (χ0n) is 11.3. The maximum atomic E-state index is 12.3. The standard InChI is InChI=1S/C15H24O/c1-7-11(3)14(16)13-12(4)8-10(2)9-15(13,5)6/h7,10,13H,4,8-9H2,1-3,5-6H3/b11-7+. The molecule has 1 nitrogen and oxygen atoms in total. The fourth-order valence-corrected chi connectivity index (χ4v) is 3.12. The second-order valence-electron chi connectivity index (χ2n) is 5.93. The zero-order valence-corrected chi connectivity index (χ0v) is 11.3. The van der Waals surface area contributed by atoms with Crippen LogP contribution in [0.25, 0.3) is 0 Å². The highest BCUT2D eigenvalue weighted by molar-refractivity contribution is 5.98. The molecule has 0 saturated heterocycles. The van der Waals surface area contributed by atoms with Crippen molar-refractivity contribution in [3.63, 3.8) is 0 Å². The normalized spacial score (nSPS) is 30.3. The summed E-state index contributed by atoms with van der Waals surface area (Å²) in [6.45, 7) is 14.6. The van der Waals surface area contributed by atoms with Gasteiger partial charge in [0.05, 0.1) is 0 Å². The van der Waals surface area contributed by atoms with Crippen LogP contribution in [0, 0.1) is 17.3 Å². The van der Waals surface area contributed by atoms with Gasteiger partial charge in [0.2, 0.25) is 0 Å². The van der Waals surface area contributed by atoms with Gasteiger partial charge >= 0.3 is 0 Å². The minimum atomic E-state index is 0.0138. The summed E-state index contributed by atoms with van der Waals surface area (Å²) in [7, 11) is 0. The average molecular weight is 220 g/mol. The molecule has 0 N–H and O–H groups in total. The van der Waals surface area contributed by atoms with Crippen molar-refractivity contribution in [2.75, 3.05) is 0 Å². The third-order valence-electron chi connectivity index (χ3n) is 3.76. The number of hydrogen-bond acceptors (Lipinski definition) is 1. The minimum Gasteiger partial charge on any atom is -0.294 e.